The van der Waals surface area contributed by atoms with E-state index in [-0.39, 0.29) is 24.8 Å². The fourth-order valence-electron chi connectivity index (χ4n) is 3.44. The van der Waals surface area contributed by atoms with Crippen LogP contribution in [0.4, 0.5) is 19.0 Å². The van der Waals surface area contributed by atoms with E-state index in [0.29, 0.717) is 19.6 Å². The Labute approximate surface area is 212 Å². The molecule has 2 rings (SSSR count). The normalized spacial score (nSPS) is 12.0. The van der Waals surface area contributed by atoms with Gasteiger partial charge in [0.05, 0.1) is 6.61 Å². The molecule has 1 N–H and O–H groups in total. The third-order valence-electron chi connectivity index (χ3n) is 5.27. The summed E-state index contributed by atoms with van der Waals surface area (Å²) in [4.78, 5) is 37.8. The number of aromatic nitrogens is 3. The summed E-state index contributed by atoms with van der Waals surface area (Å²) < 4.78 is 43.4. The number of rotatable bonds is 13. The maximum Gasteiger partial charge on any atom is 0.389 e. The van der Waals surface area contributed by atoms with Gasteiger partial charge in [0.15, 0.2) is 0 Å². The standard InChI is InChI=1S/C24H33F3N4O4S/c1-5-35-21(33)23(2,3)36-18-12-8-11-17(16-18)10-6-7-14-28-19-20(32)31(22(34)30(4)29-19)15-9-13-24(25,26)27/h8,11-12,16H,5-7,9-10,13-15H2,1-4H3,(H,28,29). The number of nitrogens with zero attached hydrogens (tertiary/aromatic N) is 3. The molecule has 0 amide bonds. The van der Waals surface area contributed by atoms with Gasteiger partial charge < -0.3 is 10.1 Å². The predicted octanol–water partition coefficient (Wildman–Crippen LogP) is 4.15. The van der Waals surface area contributed by atoms with Gasteiger partial charge in [0.2, 0.25) is 5.82 Å². The molecule has 0 aliphatic rings. The number of unbranched alkanes of at least 4 members (excludes halogenated alkanes) is 1. The summed E-state index contributed by atoms with van der Waals surface area (Å²) in [5.74, 6) is -0.332. The van der Waals surface area contributed by atoms with Crippen molar-refractivity contribution in [2.75, 3.05) is 18.5 Å². The zero-order valence-electron chi connectivity index (χ0n) is 21.0. The van der Waals surface area contributed by atoms with E-state index in [1.54, 1.807) is 6.92 Å². The van der Waals surface area contributed by atoms with Crippen molar-refractivity contribution < 1.29 is 22.7 Å². The Morgan fingerprint density at radius 1 is 1.17 bits per heavy atom. The highest BCUT2D eigenvalue weighted by molar-refractivity contribution is 8.01. The Morgan fingerprint density at radius 3 is 2.56 bits per heavy atom. The lowest BCUT2D eigenvalue weighted by molar-refractivity contribution is -0.145. The Hall–Kier alpha value is -2.76. The molecule has 8 nitrogen and oxygen atoms in total. The molecule has 2 aromatic rings. The number of ether oxygens (including phenoxy) is 1. The minimum Gasteiger partial charge on any atom is -0.465 e. The summed E-state index contributed by atoms with van der Waals surface area (Å²) in [6.07, 6.45) is -3.52. The zero-order valence-corrected chi connectivity index (χ0v) is 21.8. The molecule has 0 unspecified atom stereocenters. The van der Waals surface area contributed by atoms with Gasteiger partial charge in [-0.1, -0.05) is 12.1 Å². The number of nitrogens with one attached hydrogen (secondary N) is 1. The van der Waals surface area contributed by atoms with E-state index < -0.39 is 28.6 Å². The van der Waals surface area contributed by atoms with Gasteiger partial charge in [0.1, 0.15) is 4.75 Å². The largest absolute Gasteiger partial charge is 0.465 e. The summed E-state index contributed by atoms with van der Waals surface area (Å²) >= 11 is 1.44. The number of hydrogen-bond donors (Lipinski definition) is 1. The van der Waals surface area contributed by atoms with Gasteiger partial charge >= 0.3 is 17.8 Å². The number of hydrogen-bond acceptors (Lipinski definition) is 7. The van der Waals surface area contributed by atoms with Crippen LogP contribution in [0.5, 0.6) is 0 Å². The number of anilines is 1. The highest BCUT2D eigenvalue weighted by Crippen LogP contribution is 2.34. The summed E-state index contributed by atoms with van der Waals surface area (Å²) in [6, 6.07) is 7.92. The predicted molar refractivity (Wildman–Crippen MR) is 133 cm³/mol. The molecule has 1 heterocycles. The number of halogens is 3. The van der Waals surface area contributed by atoms with Crippen molar-refractivity contribution in [3.8, 4) is 0 Å². The molecule has 0 spiro atoms. The van der Waals surface area contributed by atoms with Gasteiger partial charge in [-0.05, 0) is 64.2 Å². The van der Waals surface area contributed by atoms with Crippen molar-refractivity contribution in [2.24, 2.45) is 7.05 Å². The fraction of sp³-hybridized carbons (Fsp3) is 0.583. The molecule has 36 heavy (non-hydrogen) atoms. The second-order valence-electron chi connectivity index (χ2n) is 8.79. The minimum absolute atomic E-state index is 0.0660. The van der Waals surface area contributed by atoms with Crippen LogP contribution < -0.4 is 16.6 Å². The van der Waals surface area contributed by atoms with Crippen LogP contribution in [0.3, 0.4) is 0 Å². The van der Waals surface area contributed by atoms with Crippen molar-refractivity contribution in [3.63, 3.8) is 0 Å². The first kappa shape index (κ1) is 29.5. The highest BCUT2D eigenvalue weighted by atomic mass is 32.2. The molecular formula is C24H33F3N4O4S. The van der Waals surface area contributed by atoms with Gasteiger partial charge in [-0.15, -0.1) is 16.9 Å². The molecule has 1 aromatic carbocycles. The first-order valence-electron chi connectivity index (χ1n) is 11.8. The number of carbonyl (C=O) groups excluding carboxylic acids is 1. The molecular weight excluding hydrogens is 497 g/mol. The number of benzene rings is 1. The quantitative estimate of drug-likeness (QED) is 0.236. The van der Waals surface area contributed by atoms with Crippen LogP contribution in [0, 0.1) is 0 Å². The number of aryl methyl sites for hydroxylation is 2. The molecule has 0 aliphatic heterocycles. The van der Waals surface area contributed by atoms with Crippen LogP contribution in [-0.4, -0.2) is 44.4 Å². The van der Waals surface area contributed by atoms with Gasteiger partial charge in [0.25, 0.3) is 5.56 Å². The molecule has 0 fully saturated rings. The van der Waals surface area contributed by atoms with Gasteiger partial charge in [-0.2, -0.15) is 13.2 Å². The minimum atomic E-state index is -4.35. The summed E-state index contributed by atoms with van der Waals surface area (Å²) in [5.41, 5.74) is -0.377. The van der Waals surface area contributed by atoms with Gasteiger partial charge in [-0.25, -0.2) is 9.48 Å². The fourth-order valence-corrected chi connectivity index (χ4v) is 4.53. The molecule has 0 atom stereocenters. The van der Waals surface area contributed by atoms with Crippen LogP contribution in [-0.2, 0) is 29.5 Å². The Bertz CT molecular complexity index is 1150. The topological polar surface area (TPSA) is 95.2 Å². The van der Waals surface area contributed by atoms with Gasteiger partial charge in [-0.3, -0.25) is 14.2 Å². The monoisotopic (exact) mass is 530 g/mol. The lowest BCUT2D eigenvalue weighted by Gasteiger charge is -2.21. The Morgan fingerprint density at radius 2 is 1.89 bits per heavy atom. The van der Waals surface area contributed by atoms with Crippen LogP contribution in [0.15, 0.2) is 38.8 Å². The maximum absolute atomic E-state index is 12.5. The smallest absolute Gasteiger partial charge is 0.389 e. The van der Waals surface area contributed by atoms with E-state index in [4.69, 9.17) is 4.74 Å². The second kappa shape index (κ2) is 13.0. The Kier molecular flexibility index (Phi) is 10.6. The number of esters is 1. The van der Waals surface area contributed by atoms with Crippen molar-refractivity contribution >= 4 is 23.5 Å². The molecule has 0 bridgehead atoms. The van der Waals surface area contributed by atoms with Crippen molar-refractivity contribution in [2.45, 2.75) is 75.2 Å². The average molecular weight is 531 g/mol. The van der Waals surface area contributed by atoms with E-state index in [2.05, 4.69) is 10.4 Å². The third kappa shape index (κ3) is 9.03. The summed E-state index contributed by atoms with van der Waals surface area (Å²) in [7, 11) is 1.35. The maximum atomic E-state index is 12.5. The number of carbonyl (C=O) groups is 1. The number of thioether (sulfide) groups is 1. The molecule has 0 radical (unpaired) electrons. The van der Waals surface area contributed by atoms with Crippen molar-refractivity contribution in [3.05, 3.63) is 50.7 Å². The van der Waals surface area contributed by atoms with Crippen LogP contribution >= 0.6 is 11.8 Å². The molecule has 0 aliphatic carbocycles. The highest BCUT2D eigenvalue weighted by Gasteiger charge is 2.30. The van der Waals surface area contributed by atoms with E-state index in [9.17, 15) is 27.6 Å². The molecule has 200 valence electrons. The number of alkyl halides is 3. The van der Waals surface area contributed by atoms with Gasteiger partial charge in [0, 0.05) is 31.5 Å². The molecule has 1 aromatic heterocycles. The lowest BCUT2D eigenvalue weighted by Crippen LogP contribution is -2.42. The molecule has 12 heteroatoms. The van der Waals surface area contributed by atoms with E-state index >= 15 is 0 Å². The van der Waals surface area contributed by atoms with Crippen LogP contribution in [0.25, 0.3) is 0 Å². The second-order valence-corrected chi connectivity index (χ2v) is 10.5. The average Bonchev–Trinajstić information content (AvgIpc) is 2.78. The van der Waals surface area contributed by atoms with Crippen molar-refractivity contribution in [1.82, 2.24) is 14.3 Å². The van der Waals surface area contributed by atoms with E-state index in [0.717, 1.165) is 32.5 Å². The van der Waals surface area contributed by atoms with Crippen molar-refractivity contribution in [1.29, 1.82) is 0 Å². The van der Waals surface area contributed by atoms with E-state index in [1.807, 2.05) is 38.1 Å². The SMILES string of the molecule is CCOC(=O)C(C)(C)Sc1cccc(CCCCNc2nn(C)c(=O)n(CCCC(F)(F)F)c2=O)c1. The first-order chi connectivity index (χ1) is 16.8. The van der Waals surface area contributed by atoms with Crippen LogP contribution in [0.1, 0.15) is 52.0 Å². The van der Waals surface area contributed by atoms with E-state index in [1.165, 1.54) is 18.8 Å². The molecule has 0 saturated heterocycles. The summed E-state index contributed by atoms with van der Waals surface area (Å²) in [5, 5.41) is 6.81. The first-order valence-corrected chi connectivity index (χ1v) is 12.6. The zero-order chi connectivity index (χ0) is 26.9. The summed E-state index contributed by atoms with van der Waals surface area (Å²) in [6.45, 7) is 5.84. The lowest BCUT2D eigenvalue weighted by atomic mass is 10.1. The Balaban J connectivity index is 1.90. The molecule has 0 saturated carbocycles. The van der Waals surface area contributed by atoms with Crippen LogP contribution in [0.2, 0.25) is 0 Å². The third-order valence-corrected chi connectivity index (χ3v) is 6.44.